The number of nitrogens with one attached hydrogen (secondary N) is 3. The number of hydrogen-bond donors (Lipinski definition) is 10. The van der Waals surface area contributed by atoms with Crippen LogP contribution in [0.3, 0.4) is 0 Å². The van der Waals surface area contributed by atoms with Crippen molar-refractivity contribution in [3.8, 4) is 5.82 Å². The Morgan fingerprint density at radius 2 is 0.901 bits per heavy atom. The van der Waals surface area contributed by atoms with Crippen LogP contribution >= 0.6 is 92.8 Å². The Bertz CT molecular complexity index is 4370. The number of nitrogens with zero attached hydrogens (tertiary/aromatic N) is 10. The number of aromatic nitrogens is 10. The molecule has 12 fully saturated rings. The summed E-state index contributed by atoms with van der Waals surface area (Å²) >= 11 is 43.1. The van der Waals surface area contributed by atoms with Crippen LogP contribution in [0.1, 0.15) is 295 Å². The van der Waals surface area contributed by atoms with E-state index >= 15 is 0 Å². The molecule has 12 N–H and O–H groups in total. The molecule has 0 radical (unpaired) electrons. The van der Waals surface area contributed by atoms with E-state index in [9.17, 15) is 53.7 Å². The van der Waals surface area contributed by atoms with E-state index in [4.69, 9.17) is 129 Å². The summed E-state index contributed by atoms with van der Waals surface area (Å²) < 4.78 is 24.2. The summed E-state index contributed by atoms with van der Waals surface area (Å²) in [6, 6.07) is 2.55. The molecule has 12 aliphatic carbocycles. The molecule has 0 saturated heterocycles. The zero-order valence-corrected chi connectivity index (χ0v) is 86.0. The Balaban J connectivity index is 0.000000318. The van der Waals surface area contributed by atoms with Crippen molar-refractivity contribution < 1.29 is 102 Å². The van der Waals surface area contributed by atoms with E-state index in [0.717, 1.165) is 95.8 Å². The Labute approximate surface area is 824 Å². The molecular weight excluding hydrogens is 1850 g/mol. The van der Waals surface area contributed by atoms with Crippen LogP contribution in [0.15, 0.2) is 49.4 Å². The van der Waals surface area contributed by atoms with E-state index in [-0.39, 0.29) is 124 Å². The smallest absolute Gasteiger partial charge is 0.478 e. The van der Waals surface area contributed by atoms with Crippen molar-refractivity contribution in [2.45, 2.75) is 331 Å². The number of rotatable bonds is 19. The number of aliphatic hydroxyl groups is 3. The molecule has 0 aliphatic heterocycles. The van der Waals surface area contributed by atoms with Gasteiger partial charge in [-0.15, -0.1) is 0 Å². The molecule has 12 bridgehead atoms. The van der Waals surface area contributed by atoms with E-state index in [1.807, 2.05) is 114 Å². The monoisotopic (exact) mass is 1990 g/mol. The number of carbonyl (C=O) groups excluding carboxylic acids is 6. The van der Waals surface area contributed by atoms with Gasteiger partial charge in [0.05, 0.1) is 94.5 Å². The predicted molar refractivity (Wildman–Crippen MR) is 504 cm³/mol. The standard InChI is InChI=1S/C21H29N5O2.C18H26ClN3O2.C10H17NO.C9H18O4.C8H11ClN2O2.C8H12N2O2.C6H8O4.C4H12N2.C4H9.C2Cl6.Li/c1-20(2,3)26-19(25-6-4-5-22-25)16(12-23-26)18(27)24-17-14-7-13-8-15(17)11-21(28,9-13)10-14;1-17(2,3)22-15(19)13(9-20-22)16(23)21-14-11-4-10-5-12(14)8-18(24,6-10)7-11;11-9-7-1-6-2-8(9)5-10(12,3-6)4-7;1-4-11-8(10)7-9(12-5-2)13-6-3;1-8(2,3)11-6(9)5(4-10-11)7(12)13;1-8(2,3)10-5-6(4-9-10)7(11)12;1-2-10-6(9)5(3-7)4-8;1-4(2,3)6-5;1-3-4-2;3-1(4,5)2(6,7)8;/h4-6,12-15,17,28H,7-11H2,1-3H3,(H,24,27);9-12,14,24H,4-8H2,1-3H3,(H,21,23);6-9,12H,1-5,11H2;9H,4-7H2,1-3H3;4H,1-3H3,(H,12,13);4-5H,1-3H3,(H,11,12);3-5H,2H2,1H3;6H,5H2,1-3H3;1,3-4H2,2H3;;/q;;;;;;;;-1;;+1. The first kappa shape index (κ1) is 118. The summed E-state index contributed by atoms with van der Waals surface area (Å²) in [5.74, 6) is 6.08. The van der Waals surface area contributed by atoms with Crippen LogP contribution in [0.2, 0.25) is 10.3 Å². The number of halogens is 8. The number of esters is 2. The largest absolute Gasteiger partial charge is 1.00 e. The minimum Gasteiger partial charge on any atom is -0.478 e. The van der Waals surface area contributed by atoms with Crippen LogP contribution in [0.25, 0.3) is 5.82 Å². The quantitative estimate of drug-likeness (QED) is 0.00422. The molecule has 5 heterocycles. The average Bonchev–Trinajstić information content (AvgIpc) is 1.52. The second-order valence-corrected chi connectivity index (χ2v) is 45.3. The van der Waals surface area contributed by atoms with Gasteiger partial charge in [-0.1, -0.05) is 106 Å². The number of unbranched alkanes of at least 4 members (excludes halogenated alkanes) is 1. The summed E-state index contributed by atoms with van der Waals surface area (Å²) in [7, 11) is 0. The number of carboxylic acids is 2. The molecule has 5 aromatic rings. The fourth-order valence-electron chi connectivity index (χ4n) is 18.5. The number of carboxylic acid groups (broad SMARTS) is 2. The van der Waals surface area contributed by atoms with Gasteiger partial charge < -0.3 is 77.4 Å². The number of aromatic carboxylic acids is 2. The van der Waals surface area contributed by atoms with Crippen molar-refractivity contribution in [3.05, 3.63) is 88.9 Å². The third-order valence-corrected chi connectivity index (χ3v) is 27.0. The second-order valence-electron chi connectivity index (χ2n) is 40.0. The summed E-state index contributed by atoms with van der Waals surface area (Å²) in [6.45, 7) is 44.3. The molecule has 6 atom stereocenters. The Morgan fingerprint density at radius 1 is 0.534 bits per heavy atom. The number of hydrazine groups is 1. The topological polar surface area (TPSA) is 452 Å². The fraction of sp³-hybridized carbons (Fsp3) is 0.733. The zero-order valence-electron chi connectivity index (χ0n) is 79.9. The van der Waals surface area contributed by atoms with Gasteiger partial charge in [0, 0.05) is 55.5 Å². The van der Waals surface area contributed by atoms with Crippen molar-refractivity contribution >= 4 is 141 Å². The van der Waals surface area contributed by atoms with Gasteiger partial charge in [0.15, 0.2) is 18.0 Å². The molecule has 17 rings (SSSR count). The minimum absolute atomic E-state index is 0. The molecule has 41 heteroatoms. The van der Waals surface area contributed by atoms with Crippen LogP contribution < -0.4 is 46.5 Å². The van der Waals surface area contributed by atoms with E-state index in [1.54, 1.807) is 46.5 Å². The summed E-state index contributed by atoms with van der Waals surface area (Å²) in [6.07, 6.45) is 28.7. The number of nitrogens with two attached hydrogens (primary N) is 2. The number of amides is 2. The summed E-state index contributed by atoms with van der Waals surface area (Å²) in [5.41, 5.74) is 7.78. The maximum absolute atomic E-state index is 13.3. The van der Waals surface area contributed by atoms with Crippen LogP contribution in [0.4, 0.5) is 0 Å². The maximum atomic E-state index is 13.3. The van der Waals surface area contributed by atoms with Crippen molar-refractivity contribution in [1.29, 1.82) is 0 Å². The molecule has 12 saturated carbocycles. The molecule has 12 aliphatic rings. The van der Waals surface area contributed by atoms with Gasteiger partial charge in [-0.2, -0.15) is 31.9 Å². The predicted octanol–water partition coefficient (Wildman–Crippen LogP) is 13.2. The first-order valence-electron chi connectivity index (χ1n) is 44.5. The molecule has 6 unspecified atom stereocenters. The normalized spacial score (nSPS) is 25.5. The molecule has 131 heavy (non-hydrogen) atoms. The first-order valence-corrected chi connectivity index (χ1v) is 47.5. The van der Waals surface area contributed by atoms with E-state index in [0.29, 0.717) is 95.3 Å². The molecule has 0 aromatic carbocycles. The number of alkyl halides is 6. The average molecular weight is 2000 g/mol. The summed E-state index contributed by atoms with van der Waals surface area (Å²) in [5, 5.41) is 77.0. The van der Waals surface area contributed by atoms with Gasteiger partial charge in [0.1, 0.15) is 34.0 Å². The van der Waals surface area contributed by atoms with Gasteiger partial charge >= 0.3 is 42.7 Å². The van der Waals surface area contributed by atoms with Gasteiger partial charge in [-0.25, -0.2) is 28.3 Å². The molecule has 2 amide bonds. The van der Waals surface area contributed by atoms with E-state index < -0.39 is 48.9 Å². The third kappa shape index (κ3) is 35.0. The third-order valence-electron chi connectivity index (χ3n) is 23.7. The minimum atomic E-state index is -1.85. The van der Waals surface area contributed by atoms with Gasteiger partial charge in [-0.3, -0.25) is 35.1 Å². The van der Waals surface area contributed by atoms with Crippen molar-refractivity contribution in [2.75, 3.05) is 26.4 Å². The first-order chi connectivity index (χ1) is 60.0. The second kappa shape index (κ2) is 50.4. The molecule has 736 valence electrons. The number of aldehydes is 2. The molecule has 5 aromatic heterocycles. The zero-order chi connectivity index (χ0) is 98.6. The summed E-state index contributed by atoms with van der Waals surface area (Å²) in [4.78, 5) is 88.6. The van der Waals surface area contributed by atoms with E-state index in [1.165, 1.54) is 42.5 Å². The number of carbonyl (C=O) groups is 8. The van der Waals surface area contributed by atoms with E-state index in [2.05, 4.69) is 80.9 Å². The fourth-order valence-corrected chi connectivity index (χ4v) is 19.4. The number of hydrogen-bond acceptors (Lipinski definition) is 23. The number of ether oxygens (including phenoxy) is 4. The Kier molecular flexibility index (Phi) is 45.5. The Hall–Kier alpha value is -5.19. The SMILES string of the molecule is CC(C)(C)NN.CC(C)(C)n1cc(C(=O)O)cn1.CC(C)(C)n1ncc(C(=O)NC2C3CC4CC2CC(O)(C4)C3)c1-n1cccn1.CC(C)(C)n1ncc(C(=O)NC2C3CC4CC2CC(O)(C4)C3)c1Cl.CC(C)(C)n1ncc(C(=O)O)c1Cl.CCOC(=O)C(C=O)C=O.CCOC(=O)CC(OCC)OCC.ClC(Cl)(Cl)C(Cl)(Cl)Cl.NC1C2CC3CC1CC(O)(C3)C2.[CH2-]CCC.[Li+]. The van der Waals surface area contributed by atoms with Crippen LogP contribution in [0, 0.1) is 66.1 Å². The van der Waals surface area contributed by atoms with Gasteiger partial charge in [0.2, 0.25) is 7.59 Å². The molecule has 0 spiro atoms. The van der Waals surface area contributed by atoms with Crippen LogP contribution in [-0.4, -0.2) is 203 Å². The Morgan fingerprint density at radius 3 is 1.19 bits per heavy atom. The van der Waals surface area contributed by atoms with Gasteiger partial charge in [-0.05, 0) is 287 Å². The van der Waals surface area contributed by atoms with Crippen LogP contribution in [-0.2, 0) is 60.3 Å². The maximum Gasteiger partial charge on any atom is 1.00 e. The van der Waals surface area contributed by atoms with Crippen molar-refractivity contribution in [3.63, 3.8) is 0 Å². The van der Waals surface area contributed by atoms with Gasteiger partial charge in [0.25, 0.3) is 11.8 Å². The van der Waals surface area contributed by atoms with Crippen LogP contribution in [0.5, 0.6) is 0 Å². The van der Waals surface area contributed by atoms with Crippen molar-refractivity contribution in [1.82, 2.24) is 65.0 Å². The van der Waals surface area contributed by atoms with Crippen molar-refractivity contribution in [2.24, 2.45) is 70.8 Å². The molecule has 32 nitrogen and oxygen atoms in total. The molecular formula is C90H142Cl8LiN15O17.